The highest BCUT2D eigenvalue weighted by molar-refractivity contribution is 5.96. The van der Waals surface area contributed by atoms with Crippen molar-refractivity contribution >= 4 is 11.6 Å². The third-order valence-electron chi connectivity index (χ3n) is 3.72. The molecule has 0 aromatic heterocycles. The first-order valence-corrected chi connectivity index (χ1v) is 6.51. The van der Waals surface area contributed by atoms with Crippen molar-refractivity contribution in [2.75, 3.05) is 11.9 Å². The number of rotatable bonds is 4. The van der Waals surface area contributed by atoms with Crippen molar-refractivity contribution in [3.05, 3.63) is 29.8 Å². The van der Waals surface area contributed by atoms with Gasteiger partial charge >= 0.3 is 0 Å². The van der Waals surface area contributed by atoms with Crippen LogP contribution in [0.25, 0.3) is 0 Å². The third-order valence-corrected chi connectivity index (χ3v) is 3.72. The van der Waals surface area contributed by atoms with Crippen molar-refractivity contribution < 1.29 is 5.11 Å². The molecule has 0 fully saturated rings. The molecule has 1 aliphatic rings. The Bertz CT molecular complexity index is 430. The van der Waals surface area contributed by atoms with E-state index in [2.05, 4.69) is 35.5 Å². The Morgan fingerprint density at radius 3 is 2.72 bits per heavy atom. The summed E-state index contributed by atoms with van der Waals surface area (Å²) in [6, 6.07) is 8.14. The van der Waals surface area contributed by atoms with Crippen LogP contribution < -0.4 is 10.6 Å². The Balaban J connectivity index is 2.11. The third kappa shape index (κ3) is 2.48. The number of aliphatic hydroxyl groups excluding tert-OH is 1. The van der Waals surface area contributed by atoms with Gasteiger partial charge in [-0.05, 0) is 24.5 Å². The first-order valence-electron chi connectivity index (χ1n) is 6.51. The number of hydrogen-bond acceptors (Lipinski definition) is 4. The SMILES string of the molecule is CCC(CC)(CO)NC1=NCc2ccccc2N1. The molecule has 0 unspecified atom stereocenters. The van der Waals surface area contributed by atoms with E-state index in [1.165, 1.54) is 5.56 Å². The Labute approximate surface area is 108 Å². The van der Waals surface area contributed by atoms with Gasteiger partial charge in [0.1, 0.15) is 0 Å². The van der Waals surface area contributed by atoms with Gasteiger partial charge in [-0.25, -0.2) is 4.99 Å². The first kappa shape index (κ1) is 12.9. The normalized spacial score (nSPS) is 14.5. The van der Waals surface area contributed by atoms with Crippen LogP contribution in [-0.2, 0) is 6.54 Å². The first-order chi connectivity index (χ1) is 8.73. The molecule has 1 aliphatic heterocycles. The van der Waals surface area contributed by atoms with E-state index >= 15 is 0 Å². The number of aliphatic hydroxyl groups is 1. The van der Waals surface area contributed by atoms with E-state index in [1.54, 1.807) is 0 Å². The standard InChI is InChI=1S/C14H21N3O/c1-3-14(4-2,10-18)17-13-15-9-11-7-5-6-8-12(11)16-13/h5-8,18H,3-4,9-10H2,1-2H3,(H2,15,16,17). The predicted octanol–water partition coefficient (Wildman–Crippen LogP) is 2.11. The number of nitrogens with zero attached hydrogens (tertiary/aromatic N) is 1. The fraction of sp³-hybridized carbons (Fsp3) is 0.500. The molecular weight excluding hydrogens is 226 g/mol. The zero-order valence-corrected chi connectivity index (χ0v) is 11.0. The number of aliphatic imine (C=N–C) groups is 1. The average Bonchev–Trinajstić information content (AvgIpc) is 2.45. The van der Waals surface area contributed by atoms with Crippen molar-refractivity contribution in [3.63, 3.8) is 0 Å². The number of anilines is 1. The molecule has 0 saturated heterocycles. The highest BCUT2D eigenvalue weighted by Crippen LogP contribution is 2.21. The molecule has 0 amide bonds. The van der Waals surface area contributed by atoms with E-state index in [1.807, 2.05) is 18.2 Å². The molecule has 3 N–H and O–H groups in total. The second-order valence-corrected chi connectivity index (χ2v) is 4.72. The minimum Gasteiger partial charge on any atom is -0.394 e. The highest BCUT2D eigenvalue weighted by Gasteiger charge is 2.27. The molecule has 1 heterocycles. The van der Waals surface area contributed by atoms with E-state index in [0.717, 1.165) is 24.5 Å². The van der Waals surface area contributed by atoms with Gasteiger partial charge in [-0.15, -0.1) is 0 Å². The van der Waals surface area contributed by atoms with Gasteiger partial charge in [-0.3, -0.25) is 0 Å². The van der Waals surface area contributed by atoms with Crippen LogP contribution >= 0.6 is 0 Å². The molecule has 1 aromatic carbocycles. The van der Waals surface area contributed by atoms with Crippen LogP contribution in [0.4, 0.5) is 5.69 Å². The number of para-hydroxylation sites is 1. The summed E-state index contributed by atoms with van der Waals surface area (Å²) >= 11 is 0. The minimum atomic E-state index is -0.280. The molecule has 0 bridgehead atoms. The van der Waals surface area contributed by atoms with Gasteiger partial charge < -0.3 is 15.7 Å². The second-order valence-electron chi connectivity index (χ2n) is 4.72. The largest absolute Gasteiger partial charge is 0.394 e. The smallest absolute Gasteiger partial charge is 0.196 e. The van der Waals surface area contributed by atoms with Crippen LogP contribution in [0.3, 0.4) is 0 Å². The van der Waals surface area contributed by atoms with Gasteiger partial charge in [0.05, 0.1) is 18.7 Å². The molecule has 0 atom stereocenters. The molecule has 0 radical (unpaired) electrons. The summed E-state index contributed by atoms with van der Waals surface area (Å²) in [6.45, 7) is 4.94. The summed E-state index contributed by atoms with van der Waals surface area (Å²) in [6.07, 6.45) is 1.73. The average molecular weight is 247 g/mol. The van der Waals surface area contributed by atoms with E-state index < -0.39 is 0 Å². The summed E-state index contributed by atoms with van der Waals surface area (Å²) in [4.78, 5) is 4.48. The maximum atomic E-state index is 9.56. The Hall–Kier alpha value is -1.55. The lowest BCUT2D eigenvalue weighted by atomic mass is 9.94. The van der Waals surface area contributed by atoms with Crippen LogP contribution in [0.15, 0.2) is 29.3 Å². The van der Waals surface area contributed by atoms with Crippen LogP contribution in [0.1, 0.15) is 32.3 Å². The lowest BCUT2D eigenvalue weighted by molar-refractivity contribution is 0.170. The van der Waals surface area contributed by atoms with Gasteiger partial charge in [0.25, 0.3) is 0 Å². The molecule has 1 aromatic rings. The van der Waals surface area contributed by atoms with E-state index in [9.17, 15) is 5.11 Å². The number of nitrogens with one attached hydrogen (secondary N) is 2. The van der Waals surface area contributed by atoms with Gasteiger partial charge in [-0.1, -0.05) is 32.0 Å². The lowest BCUT2D eigenvalue weighted by Gasteiger charge is -2.33. The maximum absolute atomic E-state index is 9.56. The van der Waals surface area contributed by atoms with Crippen LogP contribution in [0.2, 0.25) is 0 Å². The van der Waals surface area contributed by atoms with Crippen LogP contribution in [0.5, 0.6) is 0 Å². The topological polar surface area (TPSA) is 56.6 Å². The van der Waals surface area contributed by atoms with Crippen molar-refractivity contribution in [2.45, 2.75) is 38.8 Å². The Morgan fingerprint density at radius 2 is 2.06 bits per heavy atom. The Kier molecular flexibility index (Phi) is 3.87. The molecule has 18 heavy (non-hydrogen) atoms. The van der Waals surface area contributed by atoms with Gasteiger partial charge in [0.2, 0.25) is 0 Å². The Morgan fingerprint density at radius 1 is 1.33 bits per heavy atom. The lowest BCUT2D eigenvalue weighted by Crippen LogP contribution is -2.53. The van der Waals surface area contributed by atoms with E-state index in [4.69, 9.17) is 0 Å². The predicted molar refractivity (Wildman–Crippen MR) is 74.7 cm³/mol. The van der Waals surface area contributed by atoms with E-state index in [0.29, 0.717) is 6.54 Å². The fourth-order valence-corrected chi connectivity index (χ4v) is 2.12. The maximum Gasteiger partial charge on any atom is 0.196 e. The van der Waals surface area contributed by atoms with Crippen LogP contribution in [0, 0.1) is 0 Å². The molecule has 4 heteroatoms. The summed E-state index contributed by atoms with van der Waals surface area (Å²) in [5, 5.41) is 16.2. The summed E-state index contributed by atoms with van der Waals surface area (Å²) in [5.41, 5.74) is 2.01. The molecule has 0 spiro atoms. The quantitative estimate of drug-likeness (QED) is 0.763. The molecule has 4 nitrogen and oxygen atoms in total. The van der Waals surface area contributed by atoms with Gasteiger partial charge in [0, 0.05) is 5.69 Å². The second kappa shape index (κ2) is 5.40. The molecule has 0 aliphatic carbocycles. The molecular formula is C14H21N3O. The van der Waals surface area contributed by atoms with Crippen LogP contribution in [-0.4, -0.2) is 23.2 Å². The number of hydrogen-bond donors (Lipinski definition) is 3. The fourth-order valence-electron chi connectivity index (χ4n) is 2.12. The van der Waals surface area contributed by atoms with Crippen molar-refractivity contribution in [2.24, 2.45) is 4.99 Å². The monoisotopic (exact) mass is 247 g/mol. The molecule has 0 saturated carbocycles. The summed E-state index contributed by atoms with van der Waals surface area (Å²) < 4.78 is 0. The molecule has 98 valence electrons. The summed E-state index contributed by atoms with van der Waals surface area (Å²) in [5.74, 6) is 0.756. The van der Waals surface area contributed by atoms with Gasteiger partial charge in [0.15, 0.2) is 5.96 Å². The van der Waals surface area contributed by atoms with Crippen molar-refractivity contribution in [1.82, 2.24) is 5.32 Å². The number of fused-ring (bicyclic) bond motifs is 1. The zero-order valence-electron chi connectivity index (χ0n) is 11.0. The van der Waals surface area contributed by atoms with Crippen molar-refractivity contribution in [1.29, 1.82) is 0 Å². The molecule has 2 rings (SSSR count). The zero-order chi connectivity index (χ0) is 13.0. The van der Waals surface area contributed by atoms with Crippen molar-refractivity contribution in [3.8, 4) is 0 Å². The number of benzene rings is 1. The highest BCUT2D eigenvalue weighted by atomic mass is 16.3. The minimum absolute atomic E-state index is 0.113. The van der Waals surface area contributed by atoms with E-state index in [-0.39, 0.29) is 12.1 Å². The van der Waals surface area contributed by atoms with Gasteiger partial charge in [-0.2, -0.15) is 0 Å². The number of guanidine groups is 1. The summed E-state index contributed by atoms with van der Waals surface area (Å²) in [7, 11) is 0.